The Kier molecular flexibility index (Phi) is 18.4. The minimum atomic E-state index is -1.29. The lowest BCUT2D eigenvalue weighted by atomic mass is 9.82. The van der Waals surface area contributed by atoms with E-state index < -0.39 is 95.2 Å². The van der Waals surface area contributed by atoms with Crippen LogP contribution >= 0.6 is 0 Å². The summed E-state index contributed by atoms with van der Waals surface area (Å²) < 4.78 is 31.4. The van der Waals surface area contributed by atoms with Crippen molar-refractivity contribution in [1.82, 2.24) is 25.4 Å². The van der Waals surface area contributed by atoms with E-state index in [0.717, 1.165) is 45.7 Å². The number of rotatable bonds is 23. The van der Waals surface area contributed by atoms with Gasteiger partial charge in [-0.05, 0) is 85.7 Å². The molecule has 19 nitrogen and oxygen atoms in total. The Balaban J connectivity index is 1.26. The van der Waals surface area contributed by atoms with Crippen molar-refractivity contribution in [2.24, 2.45) is 22.6 Å². The Morgan fingerprint density at radius 3 is 2.11 bits per heavy atom. The molecule has 378 valence electrons. The van der Waals surface area contributed by atoms with Gasteiger partial charge < -0.3 is 47.7 Å². The molecule has 9 amide bonds. The molecule has 10 N–H and O–H groups in total. The van der Waals surface area contributed by atoms with Crippen LogP contribution in [0.15, 0.2) is 97.2 Å². The average molecular weight is 983 g/mol. The predicted octanol–water partition coefficient (Wildman–Crippen LogP) is 2.88. The maximum absolute atomic E-state index is 15.2. The van der Waals surface area contributed by atoms with Crippen LogP contribution in [0.1, 0.15) is 70.7 Å². The highest BCUT2D eigenvalue weighted by atomic mass is 19.1. The van der Waals surface area contributed by atoms with Crippen molar-refractivity contribution in [2.45, 2.75) is 84.1 Å². The minimum absolute atomic E-state index is 0.0127. The molecule has 5 rings (SSSR count). The van der Waals surface area contributed by atoms with Crippen molar-refractivity contribution in [2.75, 3.05) is 36.0 Å². The largest absolute Gasteiger partial charge is 0.387 e. The Morgan fingerprint density at radius 2 is 1.51 bits per heavy atom. The van der Waals surface area contributed by atoms with Crippen LogP contribution in [0.2, 0.25) is 0 Å². The smallest absolute Gasteiger partial charge is 0.312 e. The number of nitrogens with two attached hydrogens (primary N) is 3. The lowest BCUT2D eigenvalue weighted by Crippen LogP contribution is -2.55. The topological polar surface area (TPSA) is 286 Å². The molecule has 2 heterocycles. The van der Waals surface area contributed by atoms with E-state index in [1.807, 2.05) is 55.7 Å². The molecule has 71 heavy (non-hydrogen) atoms. The minimum Gasteiger partial charge on any atom is -0.387 e. The number of amides is 9. The second kappa shape index (κ2) is 24.2. The first-order valence-electron chi connectivity index (χ1n) is 22.9. The number of anilines is 2. The summed E-state index contributed by atoms with van der Waals surface area (Å²) in [7, 11) is 0. The van der Waals surface area contributed by atoms with Crippen LogP contribution in [0.3, 0.4) is 0 Å². The second-order valence-corrected chi connectivity index (χ2v) is 18.1. The SMILES string of the molecule is C[C@H](NC(=O)CCNC(=O)[C@@H](N)CCN(C(=O)CO)[C@@H](c1cc(-c2cc(F)ccc2F)cn1Cc1ccccc1)C(C)(C)C)C(=O)N(c1ccc(N2C(=O)C=CC2=O)cc1)[C@@H](CCCNC(N)=O)C(N)=O. The Bertz CT molecular complexity index is 2620. The third-order valence-corrected chi connectivity index (χ3v) is 11.7. The molecule has 1 aromatic heterocycles. The number of nitrogens with one attached hydrogen (secondary N) is 3. The monoisotopic (exact) mass is 982 g/mol. The number of urea groups is 1. The summed E-state index contributed by atoms with van der Waals surface area (Å²) in [4.78, 5) is 106. The standard InChI is InChI=1S/C50H60F2N10O9/c1-30(48(70)61(39(46(54)68)11-8-22-57-49(55)71)34-13-15-35(16-14-34)62-42(65)18-19-43(62)66)58-41(64)20-23-56-47(69)38(53)21-24-60(44(67)29-63)45(50(2,3)4)40-25-32(36-26-33(51)12-17-37(36)52)28-59(40)27-31-9-6-5-7-10-31/h5-7,9-10,12-19,25-26,28,30,38-39,45,63H,8,11,20-24,27,29,53H2,1-4H3,(H2,54,68)(H,56,69)(H,58,64)(H3,55,57,71)/t30-,38-,39-,45-/m0/s1. The number of halogens is 2. The molecule has 4 aromatic rings. The number of primary amides is 2. The van der Waals surface area contributed by atoms with E-state index in [2.05, 4.69) is 16.0 Å². The second-order valence-electron chi connectivity index (χ2n) is 18.1. The van der Waals surface area contributed by atoms with Crippen LogP contribution in [-0.2, 0) is 40.1 Å². The molecule has 0 saturated heterocycles. The average Bonchev–Trinajstić information content (AvgIpc) is 3.88. The summed E-state index contributed by atoms with van der Waals surface area (Å²) >= 11 is 0. The van der Waals surface area contributed by atoms with E-state index >= 15 is 4.39 Å². The molecule has 0 aliphatic carbocycles. The number of hydrogen-bond acceptors (Lipinski definition) is 10. The van der Waals surface area contributed by atoms with Gasteiger partial charge in [0.1, 0.15) is 30.3 Å². The Labute approximate surface area is 409 Å². The number of nitrogens with zero attached hydrogens (tertiary/aromatic N) is 4. The van der Waals surface area contributed by atoms with E-state index in [9.17, 15) is 47.9 Å². The maximum Gasteiger partial charge on any atom is 0.312 e. The van der Waals surface area contributed by atoms with Crippen LogP contribution in [0.5, 0.6) is 0 Å². The highest BCUT2D eigenvalue weighted by Gasteiger charge is 2.38. The molecule has 0 unspecified atom stereocenters. The van der Waals surface area contributed by atoms with Gasteiger partial charge in [0.05, 0.1) is 17.8 Å². The number of aliphatic hydroxyl groups is 1. The van der Waals surface area contributed by atoms with Crippen LogP contribution < -0.4 is 43.0 Å². The van der Waals surface area contributed by atoms with Crippen molar-refractivity contribution < 1.29 is 52.2 Å². The quantitative estimate of drug-likeness (QED) is 0.0422. The molecule has 0 bridgehead atoms. The summed E-state index contributed by atoms with van der Waals surface area (Å²) in [5, 5.41) is 17.8. The predicted molar refractivity (Wildman–Crippen MR) is 260 cm³/mol. The first-order chi connectivity index (χ1) is 33.6. The van der Waals surface area contributed by atoms with Crippen molar-refractivity contribution >= 4 is 58.8 Å². The zero-order valence-electron chi connectivity index (χ0n) is 39.9. The van der Waals surface area contributed by atoms with Crippen molar-refractivity contribution in [3.8, 4) is 11.1 Å². The Hall–Kier alpha value is -7.78. The van der Waals surface area contributed by atoms with E-state index in [1.54, 1.807) is 12.3 Å². The molecular weight excluding hydrogens is 923 g/mol. The molecule has 0 spiro atoms. The number of aliphatic hydroxyl groups excluding tert-OH is 1. The summed E-state index contributed by atoms with van der Waals surface area (Å²) in [5.41, 5.74) is 18.7. The van der Waals surface area contributed by atoms with Gasteiger partial charge in [0.15, 0.2) is 0 Å². The van der Waals surface area contributed by atoms with E-state index in [0.29, 0.717) is 17.8 Å². The fraction of sp³-hybridized carbons (Fsp3) is 0.360. The fourth-order valence-corrected chi connectivity index (χ4v) is 8.31. The maximum atomic E-state index is 15.2. The molecule has 1 aliphatic heterocycles. The number of carbonyl (C=O) groups is 8. The van der Waals surface area contributed by atoms with E-state index in [4.69, 9.17) is 17.2 Å². The third kappa shape index (κ3) is 14.2. The van der Waals surface area contributed by atoms with Gasteiger partial charge in [-0.15, -0.1) is 0 Å². The van der Waals surface area contributed by atoms with Gasteiger partial charge in [0, 0.05) is 73.5 Å². The highest BCUT2D eigenvalue weighted by Crippen LogP contribution is 2.41. The van der Waals surface area contributed by atoms with Gasteiger partial charge in [-0.25, -0.2) is 18.5 Å². The normalized spacial score (nSPS) is 14.1. The van der Waals surface area contributed by atoms with Crippen molar-refractivity contribution in [1.29, 1.82) is 0 Å². The van der Waals surface area contributed by atoms with Gasteiger partial charge in [-0.2, -0.15) is 0 Å². The first-order valence-corrected chi connectivity index (χ1v) is 22.9. The van der Waals surface area contributed by atoms with Gasteiger partial charge in [-0.3, -0.25) is 38.5 Å². The van der Waals surface area contributed by atoms with Crippen LogP contribution in [-0.4, -0.2) is 106 Å². The third-order valence-electron chi connectivity index (χ3n) is 11.7. The molecule has 1 aliphatic rings. The number of imide groups is 1. The summed E-state index contributed by atoms with van der Waals surface area (Å²) in [6.07, 6.45) is 3.61. The van der Waals surface area contributed by atoms with Gasteiger partial charge in [-0.1, -0.05) is 51.1 Å². The number of aromatic nitrogens is 1. The van der Waals surface area contributed by atoms with Crippen LogP contribution in [0.4, 0.5) is 25.0 Å². The zero-order chi connectivity index (χ0) is 52.2. The first kappa shape index (κ1) is 54.2. The van der Waals surface area contributed by atoms with E-state index in [1.165, 1.54) is 36.1 Å². The van der Waals surface area contributed by atoms with Crippen LogP contribution in [0.25, 0.3) is 11.1 Å². The zero-order valence-corrected chi connectivity index (χ0v) is 39.9. The van der Waals surface area contributed by atoms with Crippen molar-refractivity contribution in [3.05, 3.63) is 120 Å². The molecule has 0 saturated carbocycles. The molecule has 21 heteroatoms. The lowest BCUT2D eigenvalue weighted by molar-refractivity contribution is -0.140. The molecular formula is C50H60F2N10O9. The molecule has 0 fully saturated rings. The lowest BCUT2D eigenvalue weighted by Gasteiger charge is -2.41. The Morgan fingerprint density at radius 1 is 0.845 bits per heavy atom. The molecule has 4 atom stereocenters. The fourth-order valence-electron chi connectivity index (χ4n) is 8.31. The highest BCUT2D eigenvalue weighted by molar-refractivity contribution is 6.28. The van der Waals surface area contributed by atoms with Gasteiger partial charge in [0.25, 0.3) is 11.8 Å². The van der Waals surface area contributed by atoms with Gasteiger partial charge in [0.2, 0.25) is 29.5 Å². The summed E-state index contributed by atoms with van der Waals surface area (Å²) in [6, 6.07) is 14.4. The van der Waals surface area contributed by atoms with Gasteiger partial charge >= 0.3 is 6.03 Å². The van der Waals surface area contributed by atoms with Crippen molar-refractivity contribution in [3.63, 3.8) is 0 Å². The van der Waals surface area contributed by atoms with E-state index in [-0.39, 0.29) is 62.3 Å². The summed E-state index contributed by atoms with van der Waals surface area (Å²) in [5.74, 6) is -6.12. The number of hydrogen-bond donors (Lipinski definition) is 7. The number of carbonyl (C=O) groups excluding carboxylic acids is 8. The molecule has 3 aromatic carbocycles. The summed E-state index contributed by atoms with van der Waals surface area (Å²) in [6.45, 7) is 6.14. The van der Waals surface area contributed by atoms with Crippen LogP contribution in [0, 0.1) is 17.0 Å². The molecule has 0 radical (unpaired) electrons. The number of benzene rings is 3.